The highest BCUT2D eigenvalue weighted by molar-refractivity contribution is 6.33. The lowest BCUT2D eigenvalue weighted by atomic mass is 10.2. The molecule has 0 saturated carbocycles. The van der Waals surface area contributed by atoms with Gasteiger partial charge in [0.2, 0.25) is 5.91 Å². The fourth-order valence-electron chi connectivity index (χ4n) is 2.50. The molecule has 11 heteroatoms. The summed E-state index contributed by atoms with van der Waals surface area (Å²) in [6, 6.07) is 12.3. The Kier molecular flexibility index (Phi) is 10.5. The molecule has 2 rings (SSSR count). The molecule has 0 aliphatic carbocycles. The van der Waals surface area contributed by atoms with Crippen LogP contribution >= 0.6 is 11.6 Å². The molecule has 0 bridgehead atoms. The van der Waals surface area contributed by atoms with Crippen LogP contribution in [0.25, 0.3) is 0 Å². The number of carbonyl (C=O) groups excluding carboxylic acids is 5. The summed E-state index contributed by atoms with van der Waals surface area (Å²) in [4.78, 5) is 59.2. The minimum absolute atomic E-state index is 0.181. The Labute approximate surface area is 200 Å². The highest BCUT2D eigenvalue weighted by atomic mass is 35.5. The van der Waals surface area contributed by atoms with Crippen molar-refractivity contribution < 1.29 is 33.4 Å². The Hall–Kier alpha value is -3.92. The SMILES string of the molecule is CCCOC(=O)c1ccc(NC(=O)COC(=O)CCC(=O)NNC(=O)c2ccccc2Cl)cc1. The average molecular weight is 490 g/mol. The molecule has 0 unspecified atom stereocenters. The molecule has 0 atom stereocenters. The zero-order valence-electron chi connectivity index (χ0n) is 18.4. The highest BCUT2D eigenvalue weighted by Crippen LogP contribution is 2.14. The molecule has 0 radical (unpaired) electrons. The third kappa shape index (κ3) is 8.91. The lowest BCUT2D eigenvalue weighted by Crippen LogP contribution is -2.41. The van der Waals surface area contributed by atoms with E-state index in [9.17, 15) is 24.0 Å². The van der Waals surface area contributed by atoms with E-state index < -0.39 is 36.3 Å². The van der Waals surface area contributed by atoms with Crippen molar-refractivity contribution in [2.24, 2.45) is 0 Å². The van der Waals surface area contributed by atoms with Crippen molar-refractivity contribution in [2.45, 2.75) is 26.2 Å². The quantitative estimate of drug-likeness (QED) is 0.344. The number of hydrogen-bond donors (Lipinski definition) is 3. The van der Waals surface area contributed by atoms with E-state index in [1.54, 1.807) is 12.1 Å². The van der Waals surface area contributed by atoms with Crippen LogP contribution in [0.3, 0.4) is 0 Å². The molecular weight excluding hydrogens is 466 g/mol. The molecule has 3 amide bonds. The molecule has 0 aliphatic heterocycles. The van der Waals surface area contributed by atoms with E-state index in [0.717, 1.165) is 0 Å². The van der Waals surface area contributed by atoms with Gasteiger partial charge in [0.05, 0.1) is 29.2 Å². The van der Waals surface area contributed by atoms with Crippen molar-refractivity contribution >= 4 is 46.9 Å². The number of anilines is 1. The summed E-state index contributed by atoms with van der Waals surface area (Å²) in [7, 11) is 0. The predicted octanol–water partition coefficient (Wildman–Crippen LogP) is 2.63. The first-order chi connectivity index (χ1) is 16.3. The van der Waals surface area contributed by atoms with Gasteiger partial charge in [-0.15, -0.1) is 0 Å². The molecular formula is C23H24ClN3O7. The molecule has 0 spiro atoms. The molecule has 2 aromatic carbocycles. The number of benzene rings is 2. The number of esters is 2. The molecule has 0 fully saturated rings. The number of hydrazine groups is 1. The smallest absolute Gasteiger partial charge is 0.338 e. The van der Waals surface area contributed by atoms with Crippen molar-refractivity contribution in [2.75, 3.05) is 18.5 Å². The van der Waals surface area contributed by atoms with Gasteiger partial charge >= 0.3 is 11.9 Å². The maximum absolute atomic E-state index is 12.0. The van der Waals surface area contributed by atoms with Crippen molar-refractivity contribution in [3.63, 3.8) is 0 Å². The Morgan fingerprint density at radius 3 is 2.24 bits per heavy atom. The van der Waals surface area contributed by atoms with Crippen LogP contribution in [0.15, 0.2) is 48.5 Å². The van der Waals surface area contributed by atoms with Crippen molar-refractivity contribution in [1.29, 1.82) is 0 Å². The zero-order valence-corrected chi connectivity index (χ0v) is 19.1. The van der Waals surface area contributed by atoms with Crippen LogP contribution < -0.4 is 16.2 Å². The fraction of sp³-hybridized carbons (Fsp3) is 0.261. The highest BCUT2D eigenvalue weighted by Gasteiger charge is 2.13. The number of rotatable bonds is 10. The van der Waals surface area contributed by atoms with Gasteiger partial charge in [-0.1, -0.05) is 30.7 Å². The Balaban J connectivity index is 1.66. The van der Waals surface area contributed by atoms with Gasteiger partial charge in [-0.25, -0.2) is 4.79 Å². The fourth-order valence-corrected chi connectivity index (χ4v) is 2.72. The van der Waals surface area contributed by atoms with Gasteiger partial charge in [0, 0.05) is 12.1 Å². The van der Waals surface area contributed by atoms with Gasteiger partial charge < -0.3 is 14.8 Å². The molecule has 3 N–H and O–H groups in total. The standard InChI is InChI=1S/C23H24ClN3O7/c1-2-13-33-23(32)15-7-9-16(10-8-15)25-20(29)14-34-21(30)12-11-19(28)26-27-22(31)17-5-3-4-6-18(17)24/h3-10H,2,11-14H2,1H3,(H,25,29)(H,26,28)(H,27,31). The molecule has 0 saturated heterocycles. The van der Waals surface area contributed by atoms with Gasteiger partial charge in [-0.05, 0) is 42.8 Å². The van der Waals surface area contributed by atoms with Gasteiger partial charge in [0.15, 0.2) is 6.61 Å². The summed E-state index contributed by atoms with van der Waals surface area (Å²) >= 11 is 5.90. The van der Waals surface area contributed by atoms with Crippen LogP contribution in [0.2, 0.25) is 5.02 Å². The van der Waals surface area contributed by atoms with Crippen molar-refractivity contribution in [3.8, 4) is 0 Å². The van der Waals surface area contributed by atoms with E-state index >= 15 is 0 Å². The van der Waals surface area contributed by atoms with Crippen LogP contribution in [0.5, 0.6) is 0 Å². The first-order valence-corrected chi connectivity index (χ1v) is 10.7. The second kappa shape index (κ2) is 13.6. The number of hydrogen-bond acceptors (Lipinski definition) is 7. The maximum atomic E-state index is 12.0. The third-order valence-corrected chi connectivity index (χ3v) is 4.53. The van der Waals surface area contributed by atoms with Crippen LogP contribution in [0.4, 0.5) is 5.69 Å². The van der Waals surface area contributed by atoms with E-state index in [0.29, 0.717) is 24.3 Å². The number of nitrogens with one attached hydrogen (secondary N) is 3. The Morgan fingerprint density at radius 2 is 1.56 bits per heavy atom. The van der Waals surface area contributed by atoms with Crippen molar-refractivity contribution in [1.82, 2.24) is 10.9 Å². The predicted molar refractivity (Wildman–Crippen MR) is 123 cm³/mol. The topological polar surface area (TPSA) is 140 Å². The number of carbonyl (C=O) groups is 5. The van der Waals surface area contributed by atoms with E-state index in [1.165, 1.54) is 36.4 Å². The largest absolute Gasteiger partial charge is 0.462 e. The number of amides is 3. The van der Waals surface area contributed by atoms with Crippen LogP contribution in [0.1, 0.15) is 46.9 Å². The molecule has 0 aromatic heterocycles. The zero-order chi connectivity index (χ0) is 24.9. The van der Waals surface area contributed by atoms with Crippen LogP contribution in [-0.2, 0) is 23.9 Å². The minimum Gasteiger partial charge on any atom is -0.462 e. The van der Waals surface area contributed by atoms with E-state index in [-0.39, 0.29) is 23.4 Å². The van der Waals surface area contributed by atoms with E-state index in [1.807, 2.05) is 6.92 Å². The summed E-state index contributed by atoms with van der Waals surface area (Å²) < 4.78 is 9.85. The summed E-state index contributed by atoms with van der Waals surface area (Å²) in [6.07, 6.45) is 0.151. The monoisotopic (exact) mass is 489 g/mol. The van der Waals surface area contributed by atoms with Gasteiger partial charge in [-0.2, -0.15) is 0 Å². The van der Waals surface area contributed by atoms with Gasteiger partial charge in [0.1, 0.15) is 0 Å². The molecule has 2 aromatic rings. The van der Waals surface area contributed by atoms with Gasteiger partial charge in [0.25, 0.3) is 11.8 Å². The number of halogens is 1. The van der Waals surface area contributed by atoms with Crippen LogP contribution in [0, 0.1) is 0 Å². The molecule has 34 heavy (non-hydrogen) atoms. The van der Waals surface area contributed by atoms with Gasteiger partial charge in [-0.3, -0.25) is 30.0 Å². The lowest BCUT2D eigenvalue weighted by molar-refractivity contribution is -0.148. The number of ether oxygens (including phenoxy) is 2. The molecule has 180 valence electrons. The minimum atomic E-state index is -0.767. The van der Waals surface area contributed by atoms with Crippen LogP contribution in [-0.4, -0.2) is 42.9 Å². The second-order valence-electron chi connectivity index (χ2n) is 6.90. The first kappa shape index (κ1) is 26.3. The third-order valence-electron chi connectivity index (χ3n) is 4.20. The molecule has 0 heterocycles. The summed E-state index contributed by atoms with van der Waals surface area (Å²) in [5.74, 6) is -3.05. The lowest BCUT2D eigenvalue weighted by Gasteiger charge is -2.09. The maximum Gasteiger partial charge on any atom is 0.338 e. The Bertz CT molecular complexity index is 1040. The van der Waals surface area contributed by atoms with E-state index in [4.69, 9.17) is 21.1 Å². The molecule has 10 nitrogen and oxygen atoms in total. The normalized spacial score (nSPS) is 10.1. The average Bonchev–Trinajstić information content (AvgIpc) is 2.84. The first-order valence-electron chi connectivity index (χ1n) is 10.4. The molecule has 0 aliphatic rings. The van der Waals surface area contributed by atoms with Crippen molar-refractivity contribution in [3.05, 3.63) is 64.7 Å². The Morgan fingerprint density at radius 1 is 0.853 bits per heavy atom. The summed E-state index contributed by atoms with van der Waals surface area (Å²) in [5.41, 5.74) is 5.29. The summed E-state index contributed by atoms with van der Waals surface area (Å²) in [5, 5.41) is 2.74. The second-order valence-corrected chi connectivity index (χ2v) is 7.31. The summed E-state index contributed by atoms with van der Waals surface area (Å²) in [6.45, 7) is 1.66. The van der Waals surface area contributed by atoms with E-state index in [2.05, 4.69) is 16.2 Å².